The number of aromatic nitrogens is 2. The Balaban J connectivity index is 1.40. The van der Waals surface area contributed by atoms with Gasteiger partial charge in [0, 0.05) is 43.8 Å². The molecule has 0 spiro atoms. The van der Waals surface area contributed by atoms with Crippen LogP contribution in [0, 0.1) is 0 Å². The monoisotopic (exact) mass is 410 g/mol. The highest BCUT2D eigenvalue weighted by Gasteiger charge is 2.25. The summed E-state index contributed by atoms with van der Waals surface area (Å²) in [5.74, 6) is 1.68. The molecule has 2 aliphatic rings. The van der Waals surface area contributed by atoms with Crippen molar-refractivity contribution in [2.45, 2.75) is 25.7 Å². The number of ether oxygens (including phenoxy) is 1. The molecule has 1 aromatic carbocycles. The van der Waals surface area contributed by atoms with Crippen LogP contribution >= 0.6 is 11.3 Å². The molecular weight excluding hydrogens is 384 g/mol. The van der Waals surface area contributed by atoms with Crippen molar-refractivity contribution in [3.63, 3.8) is 0 Å². The molecule has 0 unspecified atom stereocenters. The van der Waals surface area contributed by atoms with Crippen molar-refractivity contribution in [3.8, 4) is 5.75 Å². The molecule has 1 fully saturated rings. The first-order chi connectivity index (χ1) is 14.2. The van der Waals surface area contributed by atoms with Crippen LogP contribution < -0.4 is 20.1 Å². The molecule has 2 aromatic heterocycles. The van der Waals surface area contributed by atoms with E-state index in [1.54, 1.807) is 23.0 Å². The maximum Gasteiger partial charge on any atom is 0.263 e. The molecule has 0 bridgehead atoms. The minimum Gasteiger partial charge on any atom is -0.497 e. The van der Waals surface area contributed by atoms with Gasteiger partial charge in [-0.2, -0.15) is 0 Å². The van der Waals surface area contributed by atoms with Crippen molar-refractivity contribution < 1.29 is 4.74 Å². The molecule has 6 nitrogen and oxygen atoms in total. The molecule has 0 atom stereocenters. The molecule has 3 heterocycles. The molecule has 29 heavy (non-hydrogen) atoms. The molecule has 3 aromatic rings. The van der Waals surface area contributed by atoms with E-state index in [9.17, 15) is 4.79 Å². The maximum absolute atomic E-state index is 13.2. The zero-order chi connectivity index (χ0) is 20.0. The van der Waals surface area contributed by atoms with Crippen LogP contribution in [0.1, 0.15) is 23.3 Å². The first-order valence-electron chi connectivity index (χ1n) is 10.3. The largest absolute Gasteiger partial charge is 0.497 e. The fourth-order valence-corrected chi connectivity index (χ4v) is 5.76. The predicted molar refractivity (Wildman–Crippen MR) is 119 cm³/mol. The van der Waals surface area contributed by atoms with E-state index in [1.807, 2.05) is 19.2 Å². The van der Waals surface area contributed by atoms with Gasteiger partial charge in [0.2, 0.25) is 5.95 Å². The lowest BCUT2D eigenvalue weighted by atomic mass is 9.97. The van der Waals surface area contributed by atoms with Gasteiger partial charge in [0.1, 0.15) is 10.6 Å². The molecule has 5 rings (SSSR count). The van der Waals surface area contributed by atoms with Crippen LogP contribution in [0.5, 0.6) is 5.75 Å². The van der Waals surface area contributed by atoms with Crippen molar-refractivity contribution in [2.75, 3.05) is 43.1 Å². The van der Waals surface area contributed by atoms with E-state index in [0.29, 0.717) is 0 Å². The number of hydrogen-bond donors (Lipinski definition) is 0. The quantitative estimate of drug-likeness (QED) is 0.664. The van der Waals surface area contributed by atoms with E-state index in [2.05, 4.69) is 21.9 Å². The van der Waals surface area contributed by atoms with Gasteiger partial charge < -0.3 is 14.5 Å². The van der Waals surface area contributed by atoms with Crippen LogP contribution in [0.3, 0.4) is 0 Å². The van der Waals surface area contributed by atoms with E-state index in [1.165, 1.54) is 29.0 Å². The zero-order valence-corrected chi connectivity index (χ0v) is 17.8. The molecule has 1 aliphatic heterocycles. The van der Waals surface area contributed by atoms with Gasteiger partial charge >= 0.3 is 0 Å². The first kappa shape index (κ1) is 18.5. The molecule has 152 valence electrons. The first-order valence-corrected chi connectivity index (χ1v) is 11.1. The van der Waals surface area contributed by atoms with Gasteiger partial charge in [-0.05, 0) is 55.5 Å². The maximum atomic E-state index is 13.2. The Kier molecular flexibility index (Phi) is 4.70. The third-order valence-corrected chi connectivity index (χ3v) is 7.36. The highest BCUT2D eigenvalue weighted by molar-refractivity contribution is 7.18. The van der Waals surface area contributed by atoms with E-state index < -0.39 is 0 Å². The molecule has 1 aliphatic carbocycles. The fraction of sp³-hybridized carbons (Fsp3) is 0.455. The summed E-state index contributed by atoms with van der Waals surface area (Å²) in [7, 11) is 3.55. The highest BCUT2D eigenvalue weighted by atomic mass is 32.1. The lowest BCUT2D eigenvalue weighted by Gasteiger charge is -2.37. The lowest BCUT2D eigenvalue weighted by molar-refractivity contribution is 0.415. The third-order valence-electron chi connectivity index (χ3n) is 6.17. The number of rotatable bonds is 3. The van der Waals surface area contributed by atoms with Gasteiger partial charge in [0.05, 0.1) is 12.5 Å². The predicted octanol–water partition coefficient (Wildman–Crippen LogP) is 3.21. The van der Waals surface area contributed by atoms with Gasteiger partial charge in [-0.1, -0.05) is 0 Å². The molecule has 0 amide bonds. The molecule has 0 radical (unpaired) electrons. The van der Waals surface area contributed by atoms with E-state index in [-0.39, 0.29) is 5.56 Å². The van der Waals surface area contributed by atoms with Crippen molar-refractivity contribution in [1.82, 2.24) is 9.55 Å². The van der Waals surface area contributed by atoms with Crippen LogP contribution in [0.2, 0.25) is 0 Å². The van der Waals surface area contributed by atoms with Crippen molar-refractivity contribution >= 4 is 33.2 Å². The topological polar surface area (TPSA) is 50.6 Å². The second-order valence-corrected chi connectivity index (χ2v) is 8.92. The second-order valence-electron chi connectivity index (χ2n) is 7.84. The molecule has 0 N–H and O–H groups in total. The standard InChI is InChI=1S/C22H26N4O2S/c1-24-21(27)19-17-5-3-4-6-18(17)29-20(19)23-22(24)26-13-11-25(12-14-26)15-7-9-16(28-2)10-8-15/h7-10H,3-6,11-14H2,1-2H3. The van der Waals surface area contributed by atoms with Crippen LogP contribution in [-0.4, -0.2) is 42.8 Å². The summed E-state index contributed by atoms with van der Waals surface area (Å²) < 4.78 is 7.01. The Morgan fingerprint density at radius 2 is 1.69 bits per heavy atom. The van der Waals surface area contributed by atoms with Crippen LogP contribution in [0.15, 0.2) is 29.1 Å². The normalized spacial score (nSPS) is 16.9. The summed E-state index contributed by atoms with van der Waals surface area (Å²) in [5, 5.41) is 0.868. The van der Waals surface area contributed by atoms with Gasteiger partial charge in [-0.15, -0.1) is 11.3 Å². The number of methoxy groups -OCH3 is 1. The van der Waals surface area contributed by atoms with Crippen LogP contribution in [0.4, 0.5) is 11.6 Å². The smallest absolute Gasteiger partial charge is 0.263 e. The number of nitrogens with zero attached hydrogens (tertiary/aromatic N) is 4. The number of benzene rings is 1. The number of piperazine rings is 1. The van der Waals surface area contributed by atoms with Crippen LogP contribution in [0.25, 0.3) is 10.2 Å². The summed E-state index contributed by atoms with van der Waals surface area (Å²) in [6.07, 6.45) is 4.51. The molecule has 1 saturated heterocycles. The Labute approximate surface area is 174 Å². The summed E-state index contributed by atoms with van der Waals surface area (Å²) in [6, 6.07) is 8.20. The fourth-order valence-electron chi connectivity index (χ4n) is 4.52. The number of hydrogen-bond acceptors (Lipinski definition) is 6. The number of fused-ring (bicyclic) bond motifs is 3. The van der Waals surface area contributed by atoms with E-state index >= 15 is 0 Å². The van der Waals surface area contributed by atoms with E-state index in [4.69, 9.17) is 9.72 Å². The molecular formula is C22H26N4O2S. The average molecular weight is 411 g/mol. The van der Waals surface area contributed by atoms with Crippen molar-refractivity contribution in [2.24, 2.45) is 7.05 Å². The molecule has 7 heteroatoms. The van der Waals surface area contributed by atoms with Gasteiger partial charge in [0.25, 0.3) is 5.56 Å². The Hall–Kier alpha value is -2.54. The van der Waals surface area contributed by atoms with Gasteiger partial charge in [-0.3, -0.25) is 9.36 Å². The summed E-state index contributed by atoms with van der Waals surface area (Å²) >= 11 is 1.73. The minimum atomic E-state index is 0.113. The van der Waals surface area contributed by atoms with Crippen molar-refractivity contribution in [3.05, 3.63) is 45.1 Å². The summed E-state index contributed by atoms with van der Waals surface area (Å²) in [5.41, 5.74) is 2.58. The molecule has 0 saturated carbocycles. The Morgan fingerprint density at radius 1 is 1.00 bits per heavy atom. The summed E-state index contributed by atoms with van der Waals surface area (Å²) in [6.45, 7) is 3.51. The SMILES string of the molecule is COc1ccc(N2CCN(c3nc4sc5c(c4c(=O)n3C)CCCC5)CC2)cc1. The third kappa shape index (κ3) is 3.17. The number of aryl methyl sites for hydroxylation is 2. The summed E-state index contributed by atoms with van der Waals surface area (Å²) in [4.78, 5) is 25.0. The zero-order valence-electron chi connectivity index (χ0n) is 17.0. The number of thiophene rings is 1. The van der Waals surface area contributed by atoms with Gasteiger partial charge in [-0.25, -0.2) is 4.98 Å². The number of anilines is 2. The highest BCUT2D eigenvalue weighted by Crippen LogP contribution is 2.34. The van der Waals surface area contributed by atoms with E-state index in [0.717, 1.165) is 60.9 Å². The Morgan fingerprint density at radius 3 is 2.41 bits per heavy atom. The van der Waals surface area contributed by atoms with Crippen LogP contribution in [-0.2, 0) is 19.9 Å². The minimum absolute atomic E-state index is 0.113. The van der Waals surface area contributed by atoms with Crippen molar-refractivity contribution in [1.29, 1.82) is 0 Å². The second kappa shape index (κ2) is 7.37. The average Bonchev–Trinajstić information content (AvgIpc) is 3.15. The lowest BCUT2D eigenvalue weighted by Crippen LogP contribution is -2.48. The van der Waals surface area contributed by atoms with Gasteiger partial charge in [0.15, 0.2) is 0 Å². The Bertz CT molecular complexity index is 1090.